The molecular weight excluding hydrogens is 258 g/mol. The second-order valence-electron chi connectivity index (χ2n) is 3.46. The molecule has 0 amide bonds. The van der Waals surface area contributed by atoms with Gasteiger partial charge in [0.05, 0.1) is 16.1 Å². The van der Waals surface area contributed by atoms with E-state index in [1.54, 1.807) is 23.5 Å². The maximum absolute atomic E-state index is 10.5. The fourth-order valence-electron chi connectivity index (χ4n) is 1.35. The summed E-state index contributed by atoms with van der Waals surface area (Å²) in [6.45, 7) is 3.38. The Labute approximate surface area is 106 Å². The number of thiazole rings is 1. The molecule has 0 radical (unpaired) electrons. The van der Waals surface area contributed by atoms with Crippen LogP contribution in [0.1, 0.15) is 15.4 Å². The van der Waals surface area contributed by atoms with Gasteiger partial charge in [-0.25, -0.2) is 4.98 Å². The lowest BCUT2D eigenvalue weighted by Crippen LogP contribution is -2.11. The Morgan fingerprint density at radius 1 is 1.47 bits per heavy atom. The van der Waals surface area contributed by atoms with Crippen molar-refractivity contribution >= 4 is 27.7 Å². The van der Waals surface area contributed by atoms with Crippen LogP contribution in [0.15, 0.2) is 17.6 Å². The Morgan fingerprint density at radius 2 is 2.29 bits per heavy atom. The summed E-state index contributed by atoms with van der Waals surface area (Å²) in [6, 6.07) is 3.33. The van der Waals surface area contributed by atoms with Gasteiger partial charge in [-0.2, -0.15) is 0 Å². The van der Waals surface area contributed by atoms with E-state index in [0.717, 1.165) is 17.1 Å². The highest BCUT2D eigenvalue weighted by Gasteiger charge is 2.09. The molecule has 0 aliphatic carbocycles. The minimum atomic E-state index is -0.360. The van der Waals surface area contributed by atoms with Gasteiger partial charge in [-0.15, -0.1) is 11.3 Å². The highest BCUT2D eigenvalue weighted by molar-refractivity contribution is 7.15. The number of nitrogens with zero attached hydrogens (tertiary/aromatic N) is 2. The maximum Gasteiger partial charge on any atom is 0.324 e. The van der Waals surface area contributed by atoms with Crippen LogP contribution in [-0.2, 0) is 13.1 Å². The smallest absolute Gasteiger partial charge is 0.307 e. The number of thiophene rings is 1. The van der Waals surface area contributed by atoms with Crippen molar-refractivity contribution in [1.29, 1.82) is 0 Å². The van der Waals surface area contributed by atoms with Crippen LogP contribution in [0.25, 0.3) is 0 Å². The molecule has 0 bridgehead atoms. The van der Waals surface area contributed by atoms with Crippen LogP contribution in [0.4, 0.5) is 5.00 Å². The van der Waals surface area contributed by atoms with Crippen LogP contribution >= 0.6 is 22.7 Å². The van der Waals surface area contributed by atoms with Crippen LogP contribution in [0.5, 0.6) is 0 Å². The highest BCUT2D eigenvalue weighted by atomic mass is 32.1. The van der Waals surface area contributed by atoms with Crippen LogP contribution < -0.4 is 5.32 Å². The van der Waals surface area contributed by atoms with Gasteiger partial charge in [0.1, 0.15) is 0 Å². The van der Waals surface area contributed by atoms with E-state index in [4.69, 9.17) is 0 Å². The quantitative estimate of drug-likeness (QED) is 0.669. The molecule has 2 aromatic rings. The van der Waals surface area contributed by atoms with Gasteiger partial charge in [-0.1, -0.05) is 11.3 Å². The third-order valence-electron chi connectivity index (χ3n) is 2.26. The second-order valence-corrected chi connectivity index (χ2v) is 5.55. The van der Waals surface area contributed by atoms with E-state index < -0.39 is 0 Å². The van der Waals surface area contributed by atoms with Gasteiger partial charge in [0.25, 0.3) is 0 Å². The van der Waals surface area contributed by atoms with Crippen LogP contribution in [0.2, 0.25) is 0 Å². The van der Waals surface area contributed by atoms with Gasteiger partial charge in [-0.05, 0) is 13.0 Å². The van der Waals surface area contributed by atoms with Crippen LogP contribution in [0, 0.1) is 17.0 Å². The molecule has 0 aromatic carbocycles. The first-order valence-electron chi connectivity index (χ1n) is 4.99. The lowest BCUT2D eigenvalue weighted by molar-refractivity contribution is -0.380. The van der Waals surface area contributed by atoms with Crippen molar-refractivity contribution in [3.63, 3.8) is 0 Å². The predicted octanol–water partition coefficient (Wildman–Crippen LogP) is 2.71. The molecule has 0 fully saturated rings. The Morgan fingerprint density at radius 3 is 2.88 bits per heavy atom. The van der Waals surface area contributed by atoms with Crippen molar-refractivity contribution in [2.24, 2.45) is 0 Å². The summed E-state index contributed by atoms with van der Waals surface area (Å²) in [4.78, 5) is 16.5. The molecule has 0 saturated carbocycles. The molecule has 90 valence electrons. The molecule has 2 rings (SSSR count). The molecule has 0 unspecified atom stereocenters. The minimum Gasteiger partial charge on any atom is -0.307 e. The van der Waals surface area contributed by atoms with Gasteiger partial charge >= 0.3 is 5.00 Å². The average molecular weight is 269 g/mol. The number of nitro groups is 1. The molecule has 0 spiro atoms. The first-order valence-corrected chi connectivity index (χ1v) is 6.69. The Kier molecular flexibility index (Phi) is 3.82. The lowest BCUT2D eigenvalue weighted by Gasteiger charge is -2.00. The summed E-state index contributed by atoms with van der Waals surface area (Å²) in [7, 11) is 0. The number of hydrogen-bond donors (Lipinski definition) is 1. The first kappa shape index (κ1) is 12.2. The fraction of sp³-hybridized carbons (Fsp3) is 0.300. The molecule has 1 N–H and O–H groups in total. The van der Waals surface area contributed by atoms with Crippen LogP contribution in [-0.4, -0.2) is 9.91 Å². The molecule has 0 aliphatic rings. The van der Waals surface area contributed by atoms with Crippen molar-refractivity contribution in [3.05, 3.63) is 43.2 Å². The van der Waals surface area contributed by atoms with Crippen molar-refractivity contribution in [3.8, 4) is 0 Å². The SMILES string of the molecule is Cc1ncsc1CNCc1ccc([N+](=O)[O-])s1. The number of aromatic nitrogens is 1. The predicted molar refractivity (Wildman–Crippen MR) is 68.4 cm³/mol. The number of hydrogen-bond acceptors (Lipinski definition) is 6. The topological polar surface area (TPSA) is 68.1 Å². The zero-order valence-corrected chi connectivity index (χ0v) is 10.8. The van der Waals surface area contributed by atoms with E-state index >= 15 is 0 Å². The number of nitrogens with one attached hydrogen (secondary N) is 1. The van der Waals surface area contributed by atoms with Gasteiger partial charge < -0.3 is 5.32 Å². The summed E-state index contributed by atoms with van der Waals surface area (Å²) in [5, 5.41) is 14.0. The van der Waals surface area contributed by atoms with Gasteiger partial charge in [-0.3, -0.25) is 10.1 Å². The molecule has 7 heteroatoms. The molecular formula is C10H11N3O2S2. The fourth-order valence-corrected chi connectivity index (χ4v) is 2.89. The third kappa shape index (κ3) is 3.09. The van der Waals surface area contributed by atoms with Crippen molar-refractivity contribution in [2.45, 2.75) is 20.0 Å². The molecule has 0 atom stereocenters. The van der Waals surface area contributed by atoms with Crippen molar-refractivity contribution in [1.82, 2.24) is 10.3 Å². The molecule has 5 nitrogen and oxygen atoms in total. The molecule has 17 heavy (non-hydrogen) atoms. The van der Waals surface area contributed by atoms with Crippen LogP contribution in [0.3, 0.4) is 0 Å². The van der Waals surface area contributed by atoms with E-state index in [0.29, 0.717) is 6.54 Å². The van der Waals surface area contributed by atoms with E-state index in [9.17, 15) is 10.1 Å². The minimum absolute atomic E-state index is 0.191. The highest BCUT2D eigenvalue weighted by Crippen LogP contribution is 2.23. The second kappa shape index (κ2) is 5.35. The Hall–Kier alpha value is -1.31. The lowest BCUT2D eigenvalue weighted by atomic mass is 10.4. The van der Waals surface area contributed by atoms with Gasteiger partial charge in [0, 0.05) is 28.9 Å². The molecule has 0 aliphatic heterocycles. The number of aryl methyl sites for hydroxylation is 1. The van der Waals surface area contributed by atoms with Crippen molar-refractivity contribution in [2.75, 3.05) is 0 Å². The van der Waals surface area contributed by atoms with Crippen molar-refractivity contribution < 1.29 is 4.92 Å². The third-order valence-corrected chi connectivity index (χ3v) is 4.23. The summed E-state index contributed by atoms with van der Waals surface area (Å²) in [5.74, 6) is 0. The van der Waals surface area contributed by atoms with E-state index in [1.165, 1.54) is 16.2 Å². The van der Waals surface area contributed by atoms with Gasteiger partial charge in [0.15, 0.2) is 0 Å². The normalized spacial score (nSPS) is 10.6. The van der Waals surface area contributed by atoms with E-state index in [-0.39, 0.29) is 9.92 Å². The Bertz CT molecular complexity index is 521. The summed E-state index contributed by atoms with van der Waals surface area (Å²) < 4.78 is 0. The zero-order chi connectivity index (χ0) is 12.3. The summed E-state index contributed by atoms with van der Waals surface area (Å²) in [5.41, 5.74) is 2.86. The number of rotatable bonds is 5. The maximum atomic E-state index is 10.5. The molecule has 2 aromatic heterocycles. The standard InChI is InChI=1S/C10H11N3O2S2/c1-7-9(16-6-12-7)5-11-4-8-2-3-10(17-8)13(14)15/h2-3,6,11H,4-5H2,1H3. The van der Waals surface area contributed by atoms with E-state index in [2.05, 4.69) is 10.3 Å². The summed E-state index contributed by atoms with van der Waals surface area (Å²) >= 11 is 2.82. The first-order chi connectivity index (χ1) is 8.16. The summed E-state index contributed by atoms with van der Waals surface area (Å²) in [6.07, 6.45) is 0. The van der Waals surface area contributed by atoms with E-state index in [1.807, 2.05) is 12.4 Å². The Balaban J connectivity index is 1.86. The molecule has 0 saturated heterocycles. The van der Waals surface area contributed by atoms with Gasteiger partial charge in [0.2, 0.25) is 0 Å². The largest absolute Gasteiger partial charge is 0.324 e. The monoisotopic (exact) mass is 269 g/mol. The zero-order valence-electron chi connectivity index (χ0n) is 9.17. The molecule has 2 heterocycles. The average Bonchev–Trinajstić information content (AvgIpc) is 2.89.